The van der Waals surface area contributed by atoms with E-state index in [0.29, 0.717) is 0 Å². The van der Waals surface area contributed by atoms with Gasteiger partial charge in [0, 0.05) is 32.7 Å². The van der Waals surface area contributed by atoms with Crippen molar-refractivity contribution in [1.29, 1.82) is 0 Å². The zero-order chi connectivity index (χ0) is 13.2. The van der Waals surface area contributed by atoms with Gasteiger partial charge in [0.05, 0.1) is 5.92 Å². The molecular weight excluding hydrogens is 368 g/mol. The van der Waals surface area contributed by atoms with E-state index in [0.717, 1.165) is 8.95 Å². The van der Waals surface area contributed by atoms with Gasteiger partial charge in [-0.25, -0.2) is 0 Å². The minimum atomic E-state index is 0.164. The fourth-order valence-corrected chi connectivity index (χ4v) is 3.17. The third-order valence-corrected chi connectivity index (χ3v) is 5.24. The summed E-state index contributed by atoms with van der Waals surface area (Å²) in [6, 6.07) is 14.5. The molecule has 4 heteroatoms. The summed E-state index contributed by atoms with van der Waals surface area (Å²) >= 11 is 7.25. The Morgan fingerprint density at radius 1 is 0.789 bits per heavy atom. The average Bonchev–Trinajstić information content (AvgIpc) is 3.08. The molecule has 0 saturated carbocycles. The van der Waals surface area contributed by atoms with Gasteiger partial charge in [0.1, 0.15) is 0 Å². The van der Waals surface area contributed by atoms with Crippen LogP contribution in [0.15, 0.2) is 63.8 Å². The van der Waals surface area contributed by atoms with Crippen LogP contribution in [0.2, 0.25) is 0 Å². The van der Waals surface area contributed by atoms with Crippen LogP contribution in [0.25, 0.3) is 0 Å². The largest absolute Gasteiger partial charge is 0.364 e. The Morgan fingerprint density at radius 3 is 1.95 bits per heavy atom. The quantitative estimate of drug-likeness (QED) is 0.638. The number of hydrogen-bond acceptors (Lipinski definition) is 0. The van der Waals surface area contributed by atoms with Crippen LogP contribution in [0.4, 0.5) is 0 Å². The van der Waals surface area contributed by atoms with Crippen molar-refractivity contribution in [2.45, 2.75) is 5.92 Å². The zero-order valence-electron chi connectivity index (χ0n) is 10.0. The van der Waals surface area contributed by atoms with E-state index in [4.69, 9.17) is 0 Å². The molecule has 3 rings (SSSR count). The Labute approximate surface area is 128 Å². The maximum Gasteiger partial charge on any atom is 0.0652 e. The van der Waals surface area contributed by atoms with E-state index in [1.165, 1.54) is 17.0 Å². The molecule has 0 aliphatic heterocycles. The highest BCUT2D eigenvalue weighted by Crippen LogP contribution is 2.37. The number of hydrogen-bond donors (Lipinski definition) is 2. The number of aromatic nitrogens is 2. The van der Waals surface area contributed by atoms with Gasteiger partial charge in [-0.1, -0.05) is 12.1 Å². The van der Waals surface area contributed by atoms with Crippen molar-refractivity contribution < 1.29 is 0 Å². The van der Waals surface area contributed by atoms with Gasteiger partial charge < -0.3 is 9.97 Å². The summed E-state index contributed by atoms with van der Waals surface area (Å²) in [6.45, 7) is 0. The minimum Gasteiger partial charge on any atom is -0.364 e. The highest BCUT2D eigenvalue weighted by Gasteiger charge is 2.21. The lowest BCUT2D eigenvalue weighted by molar-refractivity contribution is 0.891. The maximum atomic E-state index is 3.68. The van der Waals surface area contributed by atoms with Crippen molar-refractivity contribution in [1.82, 2.24) is 9.97 Å². The van der Waals surface area contributed by atoms with E-state index >= 15 is 0 Å². The van der Waals surface area contributed by atoms with Gasteiger partial charge in [-0.15, -0.1) is 0 Å². The fourth-order valence-electron chi connectivity index (χ4n) is 2.29. The van der Waals surface area contributed by atoms with Gasteiger partial charge in [-0.05, 0) is 67.8 Å². The Bertz CT molecular complexity index is 623. The molecule has 19 heavy (non-hydrogen) atoms. The molecule has 0 fully saturated rings. The van der Waals surface area contributed by atoms with Crippen molar-refractivity contribution >= 4 is 31.9 Å². The van der Waals surface area contributed by atoms with Crippen molar-refractivity contribution in [3.63, 3.8) is 0 Å². The molecule has 2 aromatic heterocycles. The Hall–Kier alpha value is -1.26. The third-order valence-electron chi connectivity index (χ3n) is 3.16. The van der Waals surface area contributed by atoms with E-state index in [1.54, 1.807) is 0 Å². The number of rotatable bonds is 3. The highest BCUT2D eigenvalue weighted by molar-refractivity contribution is 9.13. The molecule has 0 saturated heterocycles. The van der Waals surface area contributed by atoms with Crippen LogP contribution >= 0.6 is 31.9 Å². The van der Waals surface area contributed by atoms with Crippen LogP contribution in [0.1, 0.15) is 22.9 Å². The molecule has 0 radical (unpaired) electrons. The van der Waals surface area contributed by atoms with Crippen LogP contribution in [-0.2, 0) is 0 Å². The molecule has 0 unspecified atom stereocenters. The van der Waals surface area contributed by atoms with E-state index in [-0.39, 0.29) is 5.92 Å². The monoisotopic (exact) mass is 378 g/mol. The van der Waals surface area contributed by atoms with Crippen molar-refractivity contribution in [3.05, 3.63) is 80.8 Å². The number of aromatic amines is 2. The molecule has 1 aromatic carbocycles. The SMILES string of the molecule is Brc1cccc(C(c2ccc[nH]2)c2ccc[nH]2)c1Br. The average molecular weight is 380 g/mol. The predicted octanol–water partition coefficient (Wildman–Crippen LogP) is 5.05. The molecular formula is C15H12Br2N2. The molecule has 2 heterocycles. The van der Waals surface area contributed by atoms with Gasteiger partial charge in [0.2, 0.25) is 0 Å². The number of halogens is 2. The Morgan fingerprint density at radius 2 is 1.42 bits per heavy atom. The first kappa shape index (κ1) is 12.8. The lowest BCUT2D eigenvalue weighted by Gasteiger charge is -2.17. The Balaban J connectivity index is 2.18. The summed E-state index contributed by atoms with van der Waals surface area (Å²) in [5.74, 6) is 0.164. The third kappa shape index (κ3) is 2.42. The molecule has 0 aliphatic rings. The second-order valence-electron chi connectivity index (χ2n) is 4.33. The lowest BCUT2D eigenvalue weighted by atomic mass is 9.93. The minimum absolute atomic E-state index is 0.164. The second kappa shape index (κ2) is 5.39. The molecule has 2 N–H and O–H groups in total. The summed E-state index contributed by atoms with van der Waals surface area (Å²) in [7, 11) is 0. The zero-order valence-corrected chi connectivity index (χ0v) is 13.2. The van der Waals surface area contributed by atoms with Gasteiger partial charge in [-0.2, -0.15) is 0 Å². The van der Waals surface area contributed by atoms with Gasteiger partial charge in [-0.3, -0.25) is 0 Å². The molecule has 0 atom stereocenters. The number of benzene rings is 1. The summed E-state index contributed by atoms with van der Waals surface area (Å²) in [5.41, 5.74) is 3.56. The molecule has 2 nitrogen and oxygen atoms in total. The molecule has 0 aliphatic carbocycles. The summed E-state index contributed by atoms with van der Waals surface area (Å²) < 4.78 is 2.15. The van der Waals surface area contributed by atoms with Crippen molar-refractivity contribution in [2.75, 3.05) is 0 Å². The summed E-state index contributed by atoms with van der Waals surface area (Å²) in [5, 5.41) is 0. The van der Waals surface area contributed by atoms with E-state index in [1.807, 2.05) is 30.6 Å². The molecule has 3 aromatic rings. The smallest absolute Gasteiger partial charge is 0.0652 e. The first-order chi connectivity index (χ1) is 9.27. The summed E-state index contributed by atoms with van der Waals surface area (Å²) in [6.07, 6.45) is 3.91. The Kier molecular flexibility index (Phi) is 3.62. The van der Waals surface area contributed by atoms with Crippen LogP contribution in [0, 0.1) is 0 Å². The van der Waals surface area contributed by atoms with E-state index in [2.05, 4.69) is 66.1 Å². The van der Waals surface area contributed by atoms with Crippen LogP contribution < -0.4 is 0 Å². The van der Waals surface area contributed by atoms with Crippen LogP contribution in [0.3, 0.4) is 0 Å². The van der Waals surface area contributed by atoms with E-state index < -0.39 is 0 Å². The number of nitrogens with one attached hydrogen (secondary N) is 2. The maximum absolute atomic E-state index is 3.68. The van der Waals surface area contributed by atoms with Crippen LogP contribution in [0.5, 0.6) is 0 Å². The van der Waals surface area contributed by atoms with Crippen molar-refractivity contribution in [2.24, 2.45) is 0 Å². The molecule has 0 amide bonds. The van der Waals surface area contributed by atoms with E-state index in [9.17, 15) is 0 Å². The van der Waals surface area contributed by atoms with Crippen molar-refractivity contribution in [3.8, 4) is 0 Å². The van der Waals surface area contributed by atoms with Crippen LogP contribution in [-0.4, -0.2) is 9.97 Å². The molecule has 0 bridgehead atoms. The predicted molar refractivity (Wildman–Crippen MR) is 84.4 cm³/mol. The second-order valence-corrected chi connectivity index (χ2v) is 5.97. The first-order valence-corrected chi connectivity index (χ1v) is 7.56. The highest BCUT2D eigenvalue weighted by atomic mass is 79.9. The fraction of sp³-hybridized carbons (Fsp3) is 0.0667. The standard InChI is InChI=1S/C15H12Br2N2/c16-11-5-1-4-10(15(11)17)14(12-6-2-8-18-12)13-7-3-9-19-13/h1-9,14,18-19H. The first-order valence-electron chi connectivity index (χ1n) is 5.98. The molecule has 0 spiro atoms. The topological polar surface area (TPSA) is 31.6 Å². The normalized spacial score (nSPS) is 11.1. The van der Waals surface area contributed by atoms with Gasteiger partial charge in [0.15, 0.2) is 0 Å². The number of H-pyrrole nitrogens is 2. The van der Waals surface area contributed by atoms with Gasteiger partial charge in [0.25, 0.3) is 0 Å². The molecule has 96 valence electrons. The van der Waals surface area contributed by atoms with Gasteiger partial charge >= 0.3 is 0 Å². The summed E-state index contributed by atoms with van der Waals surface area (Å²) in [4.78, 5) is 6.63. The lowest BCUT2D eigenvalue weighted by Crippen LogP contribution is -2.05.